The van der Waals surface area contributed by atoms with Crippen molar-refractivity contribution in [3.63, 3.8) is 0 Å². The van der Waals surface area contributed by atoms with Crippen molar-refractivity contribution in [1.82, 2.24) is 5.32 Å². The summed E-state index contributed by atoms with van der Waals surface area (Å²) < 4.78 is 10.7. The summed E-state index contributed by atoms with van der Waals surface area (Å²) >= 11 is 0. The minimum absolute atomic E-state index is 0.428. The molecular formula is C16H25NO2. The van der Waals surface area contributed by atoms with Crippen molar-refractivity contribution in [3.05, 3.63) is 29.8 Å². The number of hydrogen-bond donors (Lipinski definition) is 1. The van der Waals surface area contributed by atoms with Crippen LogP contribution in [0.25, 0.3) is 0 Å². The van der Waals surface area contributed by atoms with Crippen molar-refractivity contribution in [2.75, 3.05) is 26.9 Å². The molecule has 0 aliphatic carbocycles. The van der Waals surface area contributed by atoms with Crippen LogP contribution in [0.4, 0.5) is 0 Å². The third-order valence-electron chi connectivity index (χ3n) is 3.75. The predicted octanol–water partition coefficient (Wildman–Crippen LogP) is 3.16. The Morgan fingerprint density at radius 2 is 2.16 bits per heavy atom. The molecule has 3 heteroatoms. The van der Waals surface area contributed by atoms with E-state index in [0.29, 0.717) is 12.0 Å². The van der Waals surface area contributed by atoms with Gasteiger partial charge in [-0.1, -0.05) is 19.1 Å². The number of rotatable bonds is 7. The second kappa shape index (κ2) is 7.51. The van der Waals surface area contributed by atoms with Gasteiger partial charge in [0.15, 0.2) is 0 Å². The molecule has 1 fully saturated rings. The molecule has 1 saturated heterocycles. The van der Waals surface area contributed by atoms with Crippen molar-refractivity contribution >= 4 is 0 Å². The second-order valence-corrected chi connectivity index (χ2v) is 5.25. The zero-order valence-corrected chi connectivity index (χ0v) is 12.0. The largest absolute Gasteiger partial charge is 0.497 e. The average molecular weight is 263 g/mol. The predicted molar refractivity (Wildman–Crippen MR) is 77.6 cm³/mol. The lowest BCUT2D eigenvalue weighted by atomic mass is 9.94. The van der Waals surface area contributed by atoms with Gasteiger partial charge in [0, 0.05) is 19.3 Å². The molecule has 1 heterocycles. The standard InChI is InChI=1S/C16H25NO2/c1-3-9-17-16(11-13-8-10-19-12-13)14-4-6-15(18-2)7-5-14/h4-7,13,16-17H,3,8-12H2,1-2H3. The second-order valence-electron chi connectivity index (χ2n) is 5.25. The molecule has 0 spiro atoms. The first kappa shape index (κ1) is 14.4. The van der Waals surface area contributed by atoms with Crippen LogP contribution in [0.2, 0.25) is 0 Å². The van der Waals surface area contributed by atoms with Gasteiger partial charge in [0.05, 0.1) is 7.11 Å². The fourth-order valence-electron chi connectivity index (χ4n) is 2.59. The van der Waals surface area contributed by atoms with Crippen LogP contribution < -0.4 is 10.1 Å². The Balaban J connectivity index is 2.01. The van der Waals surface area contributed by atoms with E-state index < -0.39 is 0 Å². The van der Waals surface area contributed by atoms with E-state index in [1.807, 2.05) is 12.1 Å². The number of nitrogens with one attached hydrogen (secondary N) is 1. The quantitative estimate of drug-likeness (QED) is 0.819. The summed E-state index contributed by atoms with van der Waals surface area (Å²) in [4.78, 5) is 0. The Labute approximate surface area is 116 Å². The van der Waals surface area contributed by atoms with Gasteiger partial charge in [-0.3, -0.25) is 0 Å². The fraction of sp³-hybridized carbons (Fsp3) is 0.625. The van der Waals surface area contributed by atoms with Gasteiger partial charge in [0.2, 0.25) is 0 Å². The minimum Gasteiger partial charge on any atom is -0.497 e. The number of ether oxygens (including phenoxy) is 2. The summed E-state index contributed by atoms with van der Waals surface area (Å²) in [6, 6.07) is 8.85. The molecular weight excluding hydrogens is 238 g/mol. The molecule has 2 atom stereocenters. The molecule has 0 radical (unpaired) electrons. The van der Waals surface area contributed by atoms with Crippen LogP contribution in [-0.2, 0) is 4.74 Å². The van der Waals surface area contributed by atoms with Gasteiger partial charge in [0.1, 0.15) is 5.75 Å². The highest BCUT2D eigenvalue weighted by atomic mass is 16.5. The lowest BCUT2D eigenvalue weighted by Crippen LogP contribution is -2.24. The molecule has 19 heavy (non-hydrogen) atoms. The van der Waals surface area contributed by atoms with Crippen molar-refractivity contribution in [3.8, 4) is 5.75 Å². The number of hydrogen-bond acceptors (Lipinski definition) is 3. The molecule has 2 rings (SSSR count). The van der Waals surface area contributed by atoms with Gasteiger partial charge in [-0.15, -0.1) is 0 Å². The van der Waals surface area contributed by atoms with E-state index in [4.69, 9.17) is 9.47 Å². The minimum atomic E-state index is 0.428. The first-order valence-corrected chi connectivity index (χ1v) is 7.28. The Bertz CT molecular complexity index is 358. The number of methoxy groups -OCH3 is 1. The maximum Gasteiger partial charge on any atom is 0.118 e. The number of benzene rings is 1. The zero-order chi connectivity index (χ0) is 13.5. The SMILES string of the molecule is CCCNC(CC1CCOC1)c1ccc(OC)cc1. The highest BCUT2D eigenvalue weighted by Gasteiger charge is 2.21. The molecule has 0 saturated carbocycles. The third-order valence-corrected chi connectivity index (χ3v) is 3.75. The van der Waals surface area contributed by atoms with Crippen LogP contribution in [0, 0.1) is 5.92 Å². The fourth-order valence-corrected chi connectivity index (χ4v) is 2.59. The van der Waals surface area contributed by atoms with Crippen molar-refractivity contribution in [1.29, 1.82) is 0 Å². The van der Waals surface area contributed by atoms with Gasteiger partial charge < -0.3 is 14.8 Å². The van der Waals surface area contributed by atoms with E-state index in [0.717, 1.165) is 38.3 Å². The average Bonchev–Trinajstić information content (AvgIpc) is 2.96. The molecule has 2 unspecified atom stereocenters. The summed E-state index contributed by atoms with van der Waals surface area (Å²) in [6.07, 6.45) is 3.51. The Hall–Kier alpha value is -1.06. The van der Waals surface area contributed by atoms with E-state index in [1.165, 1.54) is 12.0 Å². The lowest BCUT2D eigenvalue weighted by Gasteiger charge is -2.22. The highest BCUT2D eigenvalue weighted by molar-refractivity contribution is 5.29. The summed E-state index contributed by atoms with van der Waals surface area (Å²) in [7, 11) is 1.71. The first-order valence-electron chi connectivity index (χ1n) is 7.28. The molecule has 106 valence electrons. The summed E-state index contributed by atoms with van der Waals surface area (Å²) in [5.74, 6) is 1.61. The molecule has 0 aromatic heterocycles. The van der Waals surface area contributed by atoms with Crippen molar-refractivity contribution in [2.45, 2.75) is 32.2 Å². The monoisotopic (exact) mass is 263 g/mol. The van der Waals surface area contributed by atoms with Gasteiger partial charge in [-0.25, -0.2) is 0 Å². The molecule has 0 bridgehead atoms. The molecule has 1 aliphatic heterocycles. The van der Waals surface area contributed by atoms with E-state index in [1.54, 1.807) is 7.11 Å². The van der Waals surface area contributed by atoms with Gasteiger partial charge in [0.25, 0.3) is 0 Å². The first-order chi connectivity index (χ1) is 9.33. The van der Waals surface area contributed by atoms with Gasteiger partial charge in [-0.2, -0.15) is 0 Å². The summed E-state index contributed by atoms with van der Waals surface area (Å²) in [6.45, 7) is 5.11. The van der Waals surface area contributed by atoms with E-state index in [9.17, 15) is 0 Å². The van der Waals surface area contributed by atoms with Crippen LogP contribution >= 0.6 is 0 Å². The van der Waals surface area contributed by atoms with Crippen LogP contribution in [-0.4, -0.2) is 26.9 Å². The van der Waals surface area contributed by atoms with Gasteiger partial charge in [-0.05, 0) is 49.4 Å². The van der Waals surface area contributed by atoms with Gasteiger partial charge >= 0.3 is 0 Å². The van der Waals surface area contributed by atoms with Crippen molar-refractivity contribution < 1.29 is 9.47 Å². The Morgan fingerprint density at radius 3 is 2.74 bits per heavy atom. The molecule has 1 aromatic carbocycles. The van der Waals surface area contributed by atoms with Crippen LogP contribution in [0.3, 0.4) is 0 Å². The van der Waals surface area contributed by atoms with Crippen LogP contribution in [0.1, 0.15) is 37.8 Å². The lowest BCUT2D eigenvalue weighted by molar-refractivity contribution is 0.181. The third kappa shape index (κ3) is 4.22. The zero-order valence-electron chi connectivity index (χ0n) is 12.0. The maximum absolute atomic E-state index is 5.49. The van der Waals surface area contributed by atoms with Crippen LogP contribution in [0.5, 0.6) is 5.75 Å². The molecule has 0 amide bonds. The smallest absolute Gasteiger partial charge is 0.118 e. The maximum atomic E-state index is 5.49. The summed E-state index contributed by atoms with van der Waals surface area (Å²) in [5, 5.41) is 3.65. The van der Waals surface area contributed by atoms with E-state index >= 15 is 0 Å². The molecule has 1 N–H and O–H groups in total. The van der Waals surface area contributed by atoms with E-state index in [-0.39, 0.29) is 0 Å². The molecule has 1 aliphatic rings. The van der Waals surface area contributed by atoms with Crippen LogP contribution in [0.15, 0.2) is 24.3 Å². The summed E-state index contributed by atoms with van der Waals surface area (Å²) in [5.41, 5.74) is 1.35. The topological polar surface area (TPSA) is 30.5 Å². The Kier molecular flexibility index (Phi) is 5.67. The molecule has 1 aromatic rings. The Morgan fingerprint density at radius 1 is 1.37 bits per heavy atom. The molecule has 3 nitrogen and oxygen atoms in total. The highest BCUT2D eigenvalue weighted by Crippen LogP contribution is 2.27. The van der Waals surface area contributed by atoms with Crippen molar-refractivity contribution in [2.24, 2.45) is 5.92 Å². The van der Waals surface area contributed by atoms with E-state index in [2.05, 4.69) is 24.4 Å². The normalized spacial score (nSPS) is 20.4.